The summed E-state index contributed by atoms with van der Waals surface area (Å²) in [5.74, 6) is -1.96. The van der Waals surface area contributed by atoms with Gasteiger partial charge in [0.05, 0.1) is 11.9 Å². The van der Waals surface area contributed by atoms with Crippen LogP contribution in [0.1, 0.15) is 28.4 Å². The van der Waals surface area contributed by atoms with Gasteiger partial charge in [-0.15, -0.1) is 0 Å². The maximum absolute atomic E-state index is 11.8. The van der Waals surface area contributed by atoms with Crippen molar-refractivity contribution in [3.05, 3.63) is 42.0 Å². The molecule has 2 N–H and O–H groups in total. The number of rotatable bonds is 5. The first-order chi connectivity index (χ1) is 12.1. The molecule has 8 nitrogen and oxygen atoms in total. The van der Waals surface area contributed by atoms with Crippen molar-refractivity contribution in [2.75, 3.05) is 6.54 Å². The lowest BCUT2D eigenvalue weighted by Crippen LogP contribution is -2.26. The number of amides is 1. The largest absolute Gasteiger partial charge is 0.490 e. The van der Waals surface area contributed by atoms with Crippen LogP contribution < -0.4 is 5.32 Å². The second-order valence-electron chi connectivity index (χ2n) is 5.12. The molecule has 0 saturated carbocycles. The van der Waals surface area contributed by atoms with Gasteiger partial charge in [-0.2, -0.15) is 13.2 Å². The molecule has 142 valence electrons. The van der Waals surface area contributed by atoms with E-state index in [0.29, 0.717) is 12.2 Å². The number of carboxylic acid groups (broad SMARTS) is 1. The molecule has 0 atom stereocenters. The molecule has 2 aromatic heterocycles. The lowest BCUT2D eigenvalue weighted by atomic mass is 10.3. The zero-order chi connectivity index (χ0) is 19.7. The highest BCUT2D eigenvalue weighted by atomic mass is 19.4. The predicted molar refractivity (Wildman–Crippen MR) is 84.4 cm³/mol. The molecule has 26 heavy (non-hydrogen) atoms. The van der Waals surface area contributed by atoms with Crippen LogP contribution in [0.2, 0.25) is 0 Å². The van der Waals surface area contributed by atoms with Gasteiger partial charge in [0.1, 0.15) is 11.5 Å². The Morgan fingerprint density at radius 2 is 1.85 bits per heavy atom. The summed E-state index contributed by atoms with van der Waals surface area (Å²) in [6, 6.07) is 0. The highest BCUT2D eigenvalue weighted by molar-refractivity contribution is 5.91. The second-order valence-corrected chi connectivity index (χ2v) is 5.12. The number of alkyl halides is 3. The molecule has 0 aromatic carbocycles. The van der Waals surface area contributed by atoms with Crippen molar-refractivity contribution >= 4 is 11.9 Å². The standard InChI is InChI=1S/C13H17N5O.C2HF3O2/c1-10-8-17-12(9-16-10)13(19)15-4-3-6-18-7-5-14-11(18)2;3-2(4,5)1(6)7/h5,7-9H,3-4,6H2,1-2H3,(H,15,19);(H,6,7). The highest BCUT2D eigenvalue weighted by Crippen LogP contribution is 2.13. The second kappa shape index (κ2) is 9.49. The number of nitrogens with zero attached hydrogens (tertiary/aromatic N) is 4. The zero-order valence-electron chi connectivity index (χ0n) is 14.1. The van der Waals surface area contributed by atoms with Gasteiger partial charge in [-0.25, -0.2) is 14.8 Å². The summed E-state index contributed by atoms with van der Waals surface area (Å²) in [5, 5.41) is 9.95. The van der Waals surface area contributed by atoms with Crippen molar-refractivity contribution in [2.24, 2.45) is 0 Å². The summed E-state index contributed by atoms with van der Waals surface area (Å²) in [4.78, 5) is 32.9. The normalized spacial score (nSPS) is 10.7. The number of hydrogen-bond donors (Lipinski definition) is 2. The van der Waals surface area contributed by atoms with Gasteiger partial charge in [0.15, 0.2) is 0 Å². The van der Waals surface area contributed by atoms with E-state index in [1.807, 2.05) is 20.0 Å². The van der Waals surface area contributed by atoms with Crippen LogP contribution in [0.25, 0.3) is 0 Å². The summed E-state index contributed by atoms with van der Waals surface area (Å²) in [7, 11) is 0. The van der Waals surface area contributed by atoms with Crippen molar-refractivity contribution in [3.63, 3.8) is 0 Å². The van der Waals surface area contributed by atoms with Gasteiger partial charge >= 0.3 is 12.1 Å². The molecule has 0 unspecified atom stereocenters. The fourth-order valence-corrected chi connectivity index (χ4v) is 1.69. The molecular weight excluding hydrogens is 355 g/mol. The molecule has 0 fully saturated rings. The van der Waals surface area contributed by atoms with Crippen LogP contribution in [-0.4, -0.2) is 49.2 Å². The average molecular weight is 373 g/mol. The molecular formula is C15H18F3N5O3. The maximum Gasteiger partial charge on any atom is 0.490 e. The minimum atomic E-state index is -5.08. The molecule has 0 saturated heterocycles. The third-order valence-corrected chi connectivity index (χ3v) is 3.04. The van der Waals surface area contributed by atoms with E-state index in [1.54, 1.807) is 12.4 Å². The molecule has 0 radical (unpaired) electrons. The van der Waals surface area contributed by atoms with Crippen LogP contribution in [-0.2, 0) is 11.3 Å². The number of hydrogen-bond acceptors (Lipinski definition) is 5. The van der Waals surface area contributed by atoms with Gasteiger partial charge < -0.3 is 15.0 Å². The summed E-state index contributed by atoms with van der Waals surface area (Å²) in [5.41, 5.74) is 1.15. The Labute approximate surface area is 147 Å². The van der Waals surface area contributed by atoms with Crippen molar-refractivity contribution in [3.8, 4) is 0 Å². The van der Waals surface area contributed by atoms with Gasteiger partial charge in [0, 0.05) is 31.7 Å². The number of carboxylic acids is 1. The van der Waals surface area contributed by atoms with Crippen molar-refractivity contribution < 1.29 is 27.9 Å². The number of aryl methyl sites for hydroxylation is 3. The van der Waals surface area contributed by atoms with Crippen molar-refractivity contribution in [2.45, 2.75) is 33.0 Å². The molecule has 0 bridgehead atoms. The van der Waals surface area contributed by atoms with Gasteiger partial charge in [0.2, 0.25) is 0 Å². The highest BCUT2D eigenvalue weighted by Gasteiger charge is 2.38. The smallest absolute Gasteiger partial charge is 0.475 e. The van der Waals surface area contributed by atoms with E-state index >= 15 is 0 Å². The number of carbonyl (C=O) groups excluding carboxylic acids is 1. The van der Waals surface area contributed by atoms with Crippen LogP contribution >= 0.6 is 0 Å². The summed E-state index contributed by atoms with van der Waals surface area (Å²) in [6.45, 7) is 5.24. The van der Waals surface area contributed by atoms with E-state index in [-0.39, 0.29) is 5.91 Å². The first-order valence-electron chi connectivity index (χ1n) is 7.46. The van der Waals surface area contributed by atoms with Crippen LogP contribution in [0.15, 0.2) is 24.8 Å². The summed E-state index contributed by atoms with van der Waals surface area (Å²) < 4.78 is 33.8. The number of halogens is 3. The molecule has 0 aliphatic rings. The molecule has 2 rings (SSSR count). The van der Waals surface area contributed by atoms with E-state index in [2.05, 4.69) is 24.8 Å². The third kappa shape index (κ3) is 7.28. The van der Waals surface area contributed by atoms with E-state index in [1.165, 1.54) is 6.20 Å². The van der Waals surface area contributed by atoms with Gasteiger partial charge in [0.25, 0.3) is 5.91 Å². The lowest BCUT2D eigenvalue weighted by Gasteiger charge is -2.06. The molecule has 1 amide bonds. The predicted octanol–water partition coefficient (Wildman–Crippen LogP) is 1.74. The number of carbonyl (C=O) groups is 2. The quantitative estimate of drug-likeness (QED) is 0.773. The average Bonchev–Trinajstić information content (AvgIpc) is 2.97. The third-order valence-electron chi connectivity index (χ3n) is 3.04. The topological polar surface area (TPSA) is 110 Å². The van der Waals surface area contributed by atoms with E-state index in [4.69, 9.17) is 9.90 Å². The Kier molecular flexibility index (Phi) is 7.69. The van der Waals surface area contributed by atoms with Gasteiger partial charge in [-0.1, -0.05) is 0 Å². The van der Waals surface area contributed by atoms with Crippen molar-refractivity contribution in [1.82, 2.24) is 24.8 Å². The Morgan fingerprint density at radius 3 is 2.31 bits per heavy atom. The number of imidazole rings is 1. The molecule has 11 heteroatoms. The fourth-order valence-electron chi connectivity index (χ4n) is 1.69. The number of aliphatic carboxylic acids is 1. The molecule has 2 heterocycles. The minimum Gasteiger partial charge on any atom is -0.475 e. The lowest BCUT2D eigenvalue weighted by molar-refractivity contribution is -0.192. The van der Waals surface area contributed by atoms with Gasteiger partial charge in [-0.05, 0) is 20.3 Å². The van der Waals surface area contributed by atoms with Crippen LogP contribution in [0.5, 0.6) is 0 Å². The minimum absolute atomic E-state index is 0.185. The van der Waals surface area contributed by atoms with E-state index in [0.717, 1.165) is 24.5 Å². The van der Waals surface area contributed by atoms with Gasteiger partial charge in [-0.3, -0.25) is 9.78 Å². The van der Waals surface area contributed by atoms with E-state index < -0.39 is 12.1 Å². The van der Waals surface area contributed by atoms with Crippen LogP contribution in [0.4, 0.5) is 13.2 Å². The summed E-state index contributed by atoms with van der Waals surface area (Å²) in [6.07, 6.45) is 2.55. The summed E-state index contributed by atoms with van der Waals surface area (Å²) >= 11 is 0. The maximum atomic E-state index is 11.8. The molecule has 0 aliphatic heterocycles. The molecule has 0 spiro atoms. The van der Waals surface area contributed by atoms with Crippen LogP contribution in [0.3, 0.4) is 0 Å². The Balaban J connectivity index is 0.000000412. The Morgan fingerprint density at radius 1 is 1.19 bits per heavy atom. The van der Waals surface area contributed by atoms with Crippen molar-refractivity contribution in [1.29, 1.82) is 0 Å². The SMILES string of the molecule is Cc1cnc(C(=O)NCCCn2ccnc2C)cn1.O=C(O)C(F)(F)F. The van der Waals surface area contributed by atoms with E-state index in [9.17, 15) is 18.0 Å². The first-order valence-corrected chi connectivity index (χ1v) is 7.46. The first kappa shape index (κ1) is 21.1. The zero-order valence-corrected chi connectivity index (χ0v) is 14.1. The molecule has 0 aliphatic carbocycles. The number of aromatic nitrogens is 4. The molecule has 2 aromatic rings. The van der Waals surface area contributed by atoms with Crippen LogP contribution in [0, 0.1) is 13.8 Å². The Hall–Kier alpha value is -2.98. The fraction of sp³-hybridized carbons (Fsp3) is 0.400. The Bertz CT molecular complexity index is 729. The number of nitrogens with one attached hydrogen (secondary N) is 1. The monoisotopic (exact) mass is 373 g/mol.